The summed E-state index contributed by atoms with van der Waals surface area (Å²) < 4.78 is 38.9. The fourth-order valence-electron chi connectivity index (χ4n) is 4.03. The number of carbonyl (C=O) groups is 2. The Morgan fingerprint density at radius 2 is 1.97 bits per heavy atom. The number of benzene rings is 3. The zero-order valence-electron chi connectivity index (χ0n) is 17.5. The fourth-order valence-corrected chi connectivity index (χ4v) is 4.03. The first kappa shape index (κ1) is 21.5. The van der Waals surface area contributed by atoms with Gasteiger partial charge in [0.15, 0.2) is 12.5 Å². The number of rotatable bonds is 4. The summed E-state index contributed by atoms with van der Waals surface area (Å²) >= 11 is 0. The van der Waals surface area contributed by atoms with Crippen LogP contribution in [0.3, 0.4) is 0 Å². The van der Waals surface area contributed by atoms with Crippen LogP contribution in [0.25, 0.3) is 0 Å². The lowest BCUT2D eigenvalue weighted by molar-refractivity contribution is -0.112. The maximum absolute atomic E-state index is 14.2. The highest BCUT2D eigenvalue weighted by atomic mass is 19.1. The molecular weight excluding hydrogens is 448 g/mol. The molecule has 2 amide bonds. The molecule has 0 fully saturated rings. The number of anilines is 2. The largest absolute Gasteiger partial charge is 0.467 e. The molecule has 3 aromatic carbocycles. The number of fused-ring (bicyclic) bond motifs is 2. The van der Waals surface area contributed by atoms with Crippen molar-refractivity contribution < 1.29 is 33.1 Å². The van der Waals surface area contributed by atoms with Crippen LogP contribution in [-0.4, -0.2) is 29.5 Å². The lowest BCUT2D eigenvalue weighted by Gasteiger charge is -2.24. The van der Waals surface area contributed by atoms with Gasteiger partial charge in [0.05, 0.1) is 24.4 Å². The highest BCUT2D eigenvalue weighted by Crippen LogP contribution is 2.36. The minimum atomic E-state index is -0.674. The van der Waals surface area contributed by atoms with E-state index in [0.717, 1.165) is 0 Å². The third kappa shape index (κ3) is 3.73. The van der Waals surface area contributed by atoms with E-state index in [4.69, 9.17) is 9.47 Å². The third-order valence-corrected chi connectivity index (χ3v) is 5.55. The van der Waals surface area contributed by atoms with Gasteiger partial charge < -0.3 is 24.9 Å². The van der Waals surface area contributed by atoms with Crippen molar-refractivity contribution in [3.8, 4) is 5.75 Å². The summed E-state index contributed by atoms with van der Waals surface area (Å²) in [6, 6.07) is 12.6. The Morgan fingerprint density at radius 1 is 1.15 bits per heavy atom. The van der Waals surface area contributed by atoms with Gasteiger partial charge in [0.1, 0.15) is 17.4 Å². The van der Waals surface area contributed by atoms with Gasteiger partial charge in [-0.05, 0) is 42.5 Å². The average molecular weight is 465 g/mol. The topological polar surface area (TPSA) is 100 Å². The minimum absolute atomic E-state index is 0.00820. The van der Waals surface area contributed by atoms with E-state index in [1.54, 1.807) is 0 Å². The first-order chi connectivity index (χ1) is 16.5. The molecule has 0 bridgehead atoms. The molecule has 2 N–H and O–H groups in total. The van der Waals surface area contributed by atoms with Gasteiger partial charge in [-0.15, -0.1) is 0 Å². The van der Waals surface area contributed by atoms with Crippen LogP contribution in [-0.2, 0) is 22.7 Å². The molecule has 3 aromatic rings. The Morgan fingerprint density at radius 3 is 2.76 bits per heavy atom. The first-order valence-electron chi connectivity index (χ1n) is 10.2. The molecule has 2 aliphatic rings. The van der Waals surface area contributed by atoms with Gasteiger partial charge in [-0.2, -0.15) is 0 Å². The minimum Gasteiger partial charge on any atom is -0.467 e. The number of hydrogen-bond donors (Lipinski definition) is 2. The predicted octanol–water partition coefficient (Wildman–Crippen LogP) is 3.81. The van der Waals surface area contributed by atoms with E-state index < -0.39 is 23.4 Å². The lowest BCUT2D eigenvalue weighted by atomic mass is 10.1. The van der Waals surface area contributed by atoms with E-state index in [1.165, 1.54) is 59.5 Å². The molecule has 172 valence electrons. The number of nitrogens with one attached hydrogen (secondary N) is 1. The van der Waals surface area contributed by atoms with Crippen molar-refractivity contribution >= 4 is 28.9 Å². The van der Waals surface area contributed by atoms with Gasteiger partial charge >= 0.3 is 0 Å². The molecule has 0 aromatic heterocycles. The smallest absolute Gasteiger partial charge is 0.281 e. The molecule has 0 aliphatic carbocycles. The third-order valence-electron chi connectivity index (χ3n) is 5.55. The zero-order chi connectivity index (χ0) is 23.8. The number of oxime groups is 1. The molecule has 0 atom stereocenters. The maximum atomic E-state index is 14.2. The summed E-state index contributed by atoms with van der Waals surface area (Å²) in [5, 5.41) is 15.1. The number of nitrogens with zero attached hydrogens (tertiary/aromatic N) is 2. The van der Waals surface area contributed by atoms with Crippen molar-refractivity contribution in [1.29, 1.82) is 0 Å². The van der Waals surface area contributed by atoms with Gasteiger partial charge in [0.25, 0.3) is 11.8 Å². The van der Waals surface area contributed by atoms with Crippen molar-refractivity contribution in [2.75, 3.05) is 17.0 Å². The molecule has 0 saturated carbocycles. The Labute approximate surface area is 192 Å². The fraction of sp³-hybridized carbons (Fsp3) is 0.125. The summed E-state index contributed by atoms with van der Waals surface area (Å²) in [6.07, 6.45) is 0. The van der Waals surface area contributed by atoms with Crippen molar-refractivity contribution in [3.63, 3.8) is 0 Å². The van der Waals surface area contributed by atoms with Crippen LogP contribution >= 0.6 is 0 Å². The lowest BCUT2D eigenvalue weighted by Crippen LogP contribution is -2.30. The standard InChI is InChI=1S/C24H17F2N3O5/c25-15-7-13(22-14(8-15)11-33-12-34-22)10-29-20-9-16(5-6-18(20)21(28-32)24(29)31)27-23(30)17-3-1-2-4-19(17)26/h1-9,32H,10-12H2,(H,27,30)/b28-21-. The van der Waals surface area contributed by atoms with E-state index in [0.29, 0.717) is 28.1 Å². The van der Waals surface area contributed by atoms with Crippen molar-refractivity contribution in [1.82, 2.24) is 0 Å². The highest BCUT2D eigenvalue weighted by Gasteiger charge is 2.36. The number of amides is 2. The average Bonchev–Trinajstić information content (AvgIpc) is 3.09. The molecule has 0 saturated heterocycles. The van der Waals surface area contributed by atoms with Crippen LogP contribution in [0, 0.1) is 11.6 Å². The summed E-state index contributed by atoms with van der Waals surface area (Å²) in [5.41, 5.74) is 1.51. The van der Waals surface area contributed by atoms with Crippen LogP contribution in [0.2, 0.25) is 0 Å². The predicted molar refractivity (Wildman–Crippen MR) is 117 cm³/mol. The van der Waals surface area contributed by atoms with E-state index >= 15 is 0 Å². The molecule has 2 aliphatic heterocycles. The van der Waals surface area contributed by atoms with Gasteiger partial charge in [0, 0.05) is 22.4 Å². The molecule has 10 heteroatoms. The summed E-state index contributed by atoms with van der Waals surface area (Å²) in [5.74, 6) is -2.05. The van der Waals surface area contributed by atoms with Crippen molar-refractivity contribution in [2.24, 2.45) is 5.16 Å². The first-order valence-corrected chi connectivity index (χ1v) is 10.2. The van der Waals surface area contributed by atoms with Crippen LogP contribution in [0.15, 0.2) is 59.8 Å². The maximum Gasteiger partial charge on any atom is 0.281 e. The monoisotopic (exact) mass is 465 g/mol. The molecular formula is C24H17F2N3O5. The van der Waals surface area contributed by atoms with E-state index in [-0.39, 0.29) is 36.9 Å². The van der Waals surface area contributed by atoms with Gasteiger partial charge in [-0.1, -0.05) is 17.3 Å². The normalized spacial score (nSPS) is 15.6. The van der Waals surface area contributed by atoms with Crippen molar-refractivity contribution in [2.45, 2.75) is 13.2 Å². The van der Waals surface area contributed by atoms with Crippen LogP contribution in [0.4, 0.5) is 20.2 Å². The van der Waals surface area contributed by atoms with Crippen molar-refractivity contribution in [3.05, 3.63) is 88.5 Å². The van der Waals surface area contributed by atoms with E-state index in [1.807, 2.05) is 0 Å². The second kappa shape index (κ2) is 8.56. The molecule has 5 rings (SSSR count). The van der Waals surface area contributed by atoms with E-state index in [9.17, 15) is 23.6 Å². The van der Waals surface area contributed by atoms with Crippen LogP contribution in [0.1, 0.15) is 27.0 Å². The Hall–Kier alpha value is -4.31. The van der Waals surface area contributed by atoms with Crippen LogP contribution in [0.5, 0.6) is 5.75 Å². The van der Waals surface area contributed by atoms with Crippen LogP contribution < -0.4 is 15.0 Å². The second-order valence-electron chi connectivity index (χ2n) is 7.67. The second-order valence-corrected chi connectivity index (χ2v) is 7.67. The summed E-state index contributed by atoms with van der Waals surface area (Å²) in [6.45, 7) is 0.0710. The summed E-state index contributed by atoms with van der Waals surface area (Å²) in [7, 11) is 0. The number of hydrogen-bond acceptors (Lipinski definition) is 6. The summed E-state index contributed by atoms with van der Waals surface area (Å²) in [4.78, 5) is 26.8. The Kier molecular flexibility index (Phi) is 5.42. The quantitative estimate of drug-likeness (QED) is 0.451. The van der Waals surface area contributed by atoms with Gasteiger partial charge in [-0.3, -0.25) is 9.59 Å². The molecule has 0 unspecified atom stereocenters. The Bertz CT molecular complexity index is 1360. The molecule has 2 heterocycles. The highest BCUT2D eigenvalue weighted by molar-refractivity contribution is 6.54. The number of halogens is 2. The Balaban J connectivity index is 1.50. The number of ether oxygens (including phenoxy) is 2. The SMILES string of the molecule is O=C(Nc1ccc2c(c1)N(Cc1cc(F)cc3c1OCOC3)C(=O)/C2=N\O)c1ccccc1F. The zero-order valence-corrected chi connectivity index (χ0v) is 17.5. The van der Waals surface area contributed by atoms with Gasteiger partial charge in [-0.25, -0.2) is 8.78 Å². The molecule has 0 radical (unpaired) electrons. The number of carbonyl (C=O) groups excluding carboxylic acids is 2. The molecule has 8 nitrogen and oxygen atoms in total. The van der Waals surface area contributed by atoms with Gasteiger partial charge in [0.2, 0.25) is 0 Å². The van der Waals surface area contributed by atoms with E-state index in [2.05, 4.69) is 10.5 Å². The molecule has 0 spiro atoms. The molecule has 34 heavy (non-hydrogen) atoms.